The van der Waals surface area contributed by atoms with Gasteiger partial charge in [-0.3, -0.25) is 0 Å². The highest BCUT2D eigenvalue weighted by Gasteiger charge is 2.08. The van der Waals surface area contributed by atoms with Crippen LogP contribution in [0.5, 0.6) is 0 Å². The number of nitrogens with two attached hydrogens (primary N) is 1. The molecule has 15 heavy (non-hydrogen) atoms. The van der Waals surface area contributed by atoms with E-state index in [4.69, 9.17) is 10.2 Å². The third-order valence-electron chi connectivity index (χ3n) is 2.40. The minimum absolute atomic E-state index is 0.438. The predicted molar refractivity (Wildman–Crippen MR) is 64.5 cm³/mol. The molecule has 0 radical (unpaired) electrons. The Morgan fingerprint density at radius 2 is 2.07 bits per heavy atom. The molecule has 0 aliphatic carbocycles. The molecule has 2 rings (SSSR count). The molecule has 1 aromatic carbocycles. The number of hydrogen-bond donors (Lipinski definition) is 1. The third-order valence-corrected chi connectivity index (χ3v) is 3.26. The fraction of sp³-hybridized carbons (Fsp3) is 0.167. The van der Waals surface area contributed by atoms with Gasteiger partial charge in [0.05, 0.1) is 6.54 Å². The molecule has 2 N–H and O–H groups in total. The van der Waals surface area contributed by atoms with Crippen molar-refractivity contribution in [1.29, 1.82) is 0 Å². The van der Waals surface area contributed by atoms with Crippen LogP contribution < -0.4 is 5.73 Å². The summed E-state index contributed by atoms with van der Waals surface area (Å²) in [5.74, 6) is 1.68. The van der Waals surface area contributed by atoms with E-state index >= 15 is 0 Å². The monoisotopic (exact) mass is 265 g/mol. The van der Waals surface area contributed by atoms with Gasteiger partial charge in [0.1, 0.15) is 11.5 Å². The van der Waals surface area contributed by atoms with Gasteiger partial charge in [0.2, 0.25) is 0 Å². The maximum absolute atomic E-state index is 5.61. The summed E-state index contributed by atoms with van der Waals surface area (Å²) in [5.41, 5.74) is 7.78. The van der Waals surface area contributed by atoms with Crippen molar-refractivity contribution in [2.75, 3.05) is 0 Å². The van der Waals surface area contributed by atoms with Crippen LogP contribution in [0.25, 0.3) is 11.3 Å². The molecule has 78 valence electrons. The first-order chi connectivity index (χ1) is 7.22. The Morgan fingerprint density at radius 3 is 2.73 bits per heavy atom. The van der Waals surface area contributed by atoms with Crippen LogP contribution in [-0.2, 0) is 6.54 Å². The van der Waals surface area contributed by atoms with E-state index in [0.29, 0.717) is 6.54 Å². The van der Waals surface area contributed by atoms with E-state index in [1.165, 1.54) is 5.56 Å². The zero-order valence-electron chi connectivity index (χ0n) is 8.46. The average Bonchev–Trinajstić information content (AvgIpc) is 2.70. The lowest BCUT2D eigenvalue weighted by molar-refractivity contribution is 0.525. The van der Waals surface area contributed by atoms with E-state index in [1.807, 2.05) is 30.3 Å². The molecule has 0 fully saturated rings. The smallest absolute Gasteiger partial charge is 0.134 e. The first kappa shape index (κ1) is 10.5. The summed E-state index contributed by atoms with van der Waals surface area (Å²) in [4.78, 5) is 0. The maximum Gasteiger partial charge on any atom is 0.134 e. The van der Waals surface area contributed by atoms with E-state index in [1.54, 1.807) is 0 Å². The molecule has 0 spiro atoms. The number of halogens is 1. The van der Waals surface area contributed by atoms with Gasteiger partial charge in [-0.1, -0.05) is 28.1 Å². The van der Waals surface area contributed by atoms with Crippen LogP contribution in [0.2, 0.25) is 0 Å². The Labute approximate surface area is 97.2 Å². The Bertz CT molecular complexity index is 476. The normalized spacial score (nSPS) is 10.6. The Morgan fingerprint density at radius 1 is 1.27 bits per heavy atom. The van der Waals surface area contributed by atoms with Crippen LogP contribution in [0.3, 0.4) is 0 Å². The van der Waals surface area contributed by atoms with Crippen molar-refractivity contribution < 1.29 is 4.42 Å². The highest BCUT2D eigenvalue weighted by molar-refractivity contribution is 9.10. The summed E-state index contributed by atoms with van der Waals surface area (Å²) in [6, 6.07) is 9.93. The summed E-state index contributed by atoms with van der Waals surface area (Å²) in [6.45, 7) is 2.50. The predicted octanol–water partition coefficient (Wildman–Crippen LogP) is 3.48. The van der Waals surface area contributed by atoms with E-state index < -0.39 is 0 Å². The molecule has 2 aromatic rings. The highest BCUT2D eigenvalue weighted by Crippen LogP contribution is 2.29. The third kappa shape index (κ3) is 1.98. The van der Waals surface area contributed by atoms with Gasteiger partial charge in [-0.2, -0.15) is 0 Å². The standard InChI is InChI=1S/C12H12BrNO/c1-8-10(3-2-4-11(8)13)12-6-5-9(7-14)15-12/h2-6H,7,14H2,1H3. The van der Waals surface area contributed by atoms with Crippen molar-refractivity contribution in [2.45, 2.75) is 13.5 Å². The molecule has 3 heteroatoms. The van der Waals surface area contributed by atoms with Gasteiger partial charge in [0, 0.05) is 10.0 Å². The lowest BCUT2D eigenvalue weighted by Gasteiger charge is -2.04. The van der Waals surface area contributed by atoms with E-state index in [0.717, 1.165) is 21.6 Å². The molecule has 1 heterocycles. The number of benzene rings is 1. The molecule has 0 atom stereocenters. The molecule has 0 unspecified atom stereocenters. The first-order valence-corrected chi connectivity index (χ1v) is 5.56. The molecule has 0 aliphatic rings. The summed E-state index contributed by atoms with van der Waals surface area (Å²) in [7, 11) is 0. The van der Waals surface area contributed by atoms with Crippen molar-refractivity contribution in [1.82, 2.24) is 0 Å². The maximum atomic E-state index is 5.61. The molecule has 0 saturated heterocycles. The van der Waals surface area contributed by atoms with Crippen LogP contribution in [0.15, 0.2) is 39.2 Å². The molecular formula is C12H12BrNO. The minimum Gasteiger partial charge on any atom is -0.460 e. The average molecular weight is 266 g/mol. The van der Waals surface area contributed by atoms with E-state index in [9.17, 15) is 0 Å². The molecule has 1 aromatic heterocycles. The summed E-state index contributed by atoms with van der Waals surface area (Å²) in [5, 5.41) is 0. The quantitative estimate of drug-likeness (QED) is 0.903. The molecule has 0 saturated carbocycles. The lowest BCUT2D eigenvalue weighted by Crippen LogP contribution is -1.92. The topological polar surface area (TPSA) is 39.2 Å². The Kier molecular flexibility index (Phi) is 2.93. The molecule has 0 amide bonds. The summed E-state index contributed by atoms with van der Waals surface area (Å²) >= 11 is 3.50. The van der Waals surface area contributed by atoms with Gasteiger partial charge in [0.25, 0.3) is 0 Å². The Hall–Kier alpha value is -1.06. The van der Waals surface area contributed by atoms with E-state index in [-0.39, 0.29) is 0 Å². The van der Waals surface area contributed by atoms with Crippen molar-refractivity contribution in [3.8, 4) is 11.3 Å². The van der Waals surface area contributed by atoms with E-state index in [2.05, 4.69) is 22.9 Å². The second-order valence-corrected chi connectivity index (χ2v) is 4.24. The van der Waals surface area contributed by atoms with Crippen LogP contribution >= 0.6 is 15.9 Å². The molecular weight excluding hydrogens is 254 g/mol. The van der Waals surface area contributed by atoms with Gasteiger partial charge < -0.3 is 10.2 Å². The van der Waals surface area contributed by atoms with Gasteiger partial charge in [-0.05, 0) is 30.7 Å². The number of hydrogen-bond acceptors (Lipinski definition) is 2. The van der Waals surface area contributed by atoms with Crippen LogP contribution in [-0.4, -0.2) is 0 Å². The minimum atomic E-state index is 0.438. The van der Waals surface area contributed by atoms with Crippen LogP contribution in [0, 0.1) is 6.92 Å². The number of rotatable bonds is 2. The number of furan rings is 1. The largest absolute Gasteiger partial charge is 0.460 e. The van der Waals surface area contributed by atoms with Crippen molar-refractivity contribution in [2.24, 2.45) is 5.73 Å². The SMILES string of the molecule is Cc1c(Br)cccc1-c1ccc(CN)o1. The van der Waals surface area contributed by atoms with Gasteiger partial charge in [0.15, 0.2) is 0 Å². The molecule has 0 bridgehead atoms. The van der Waals surface area contributed by atoms with Gasteiger partial charge >= 0.3 is 0 Å². The Balaban J connectivity index is 2.49. The summed E-state index contributed by atoms with van der Waals surface area (Å²) in [6.07, 6.45) is 0. The van der Waals surface area contributed by atoms with Crippen molar-refractivity contribution in [3.63, 3.8) is 0 Å². The van der Waals surface area contributed by atoms with Crippen molar-refractivity contribution >= 4 is 15.9 Å². The highest BCUT2D eigenvalue weighted by atomic mass is 79.9. The molecule has 2 nitrogen and oxygen atoms in total. The fourth-order valence-electron chi connectivity index (χ4n) is 1.51. The lowest BCUT2D eigenvalue weighted by atomic mass is 10.1. The molecule has 0 aliphatic heterocycles. The zero-order chi connectivity index (χ0) is 10.8. The van der Waals surface area contributed by atoms with Crippen molar-refractivity contribution in [3.05, 3.63) is 46.1 Å². The second kappa shape index (κ2) is 4.21. The van der Waals surface area contributed by atoms with Gasteiger partial charge in [-0.25, -0.2) is 0 Å². The second-order valence-electron chi connectivity index (χ2n) is 3.38. The summed E-state index contributed by atoms with van der Waals surface area (Å²) < 4.78 is 6.70. The van der Waals surface area contributed by atoms with Crippen LogP contribution in [0.4, 0.5) is 0 Å². The van der Waals surface area contributed by atoms with Crippen LogP contribution in [0.1, 0.15) is 11.3 Å². The zero-order valence-corrected chi connectivity index (χ0v) is 10.0. The fourth-order valence-corrected chi connectivity index (χ4v) is 1.87. The first-order valence-electron chi connectivity index (χ1n) is 4.76. The van der Waals surface area contributed by atoms with Gasteiger partial charge in [-0.15, -0.1) is 0 Å².